The number of nitrogens with zero attached hydrogens (tertiary/aromatic N) is 2. The van der Waals surface area contributed by atoms with Crippen LogP contribution in [0.1, 0.15) is 5.56 Å². The number of likely N-dealkylation sites (N-methyl/N-ethyl adjacent to an activating group) is 1. The zero-order valence-electron chi connectivity index (χ0n) is 10.9. The number of fused-ring (bicyclic) bond motifs is 1. The standard InChI is InChI=1S/C13H16N2O4/c1-14(7-13(17)18)10-3-4-11-9(5-10)6-12(16)15(11)8-19-2/h3-5H,6-8H2,1-2H3,(H,17,18). The maximum atomic E-state index is 11.8. The van der Waals surface area contributed by atoms with Crippen LogP contribution in [0, 0.1) is 0 Å². The van der Waals surface area contributed by atoms with Crippen molar-refractivity contribution in [1.82, 2.24) is 0 Å². The van der Waals surface area contributed by atoms with Crippen LogP contribution in [0.2, 0.25) is 0 Å². The number of amides is 1. The molecule has 0 bridgehead atoms. The van der Waals surface area contributed by atoms with Gasteiger partial charge in [-0.25, -0.2) is 0 Å². The zero-order chi connectivity index (χ0) is 14.0. The lowest BCUT2D eigenvalue weighted by Gasteiger charge is -2.19. The molecule has 1 aromatic carbocycles. The molecule has 1 aromatic rings. The largest absolute Gasteiger partial charge is 0.480 e. The highest BCUT2D eigenvalue weighted by molar-refractivity contribution is 6.01. The van der Waals surface area contributed by atoms with Gasteiger partial charge in [0, 0.05) is 25.5 Å². The number of carbonyl (C=O) groups is 2. The number of carboxylic acid groups (broad SMARTS) is 1. The minimum atomic E-state index is -0.889. The van der Waals surface area contributed by atoms with E-state index in [9.17, 15) is 9.59 Å². The van der Waals surface area contributed by atoms with Crippen LogP contribution in [-0.4, -0.2) is 44.4 Å². The van der Waals surface area contributed by atoms with Crippen LogP contribution in [0.5, 0.6) is 0 Å². The lowest BCUT2D eigenvalue weighted by Crippen LogP contribution is -2.28. The molecular weight excluding hydrogens is 248 g/mol. The topological polar surface area (TPSA) is 70.1 Å². The third-order valence-electron chi connectivity index (χ3n) is 3.07. The van der Waals surface area contributed by atoms with Gasteiger partial charge in [0.05, 0.1) is 6.42 Å². The number of hydrogen-bond acceptors (Lipinski definition) is 4. The molecule has 1 aliphatic heterocycles. The number of hydrogen-bond donors (Lipinski definition) is 1. The van der Waals surface area contributed by atoms with Gasteiger partial charge in [-0.15, -0.1) is 0 Å². The van der Waals surface area contributed by atoms with Crippen molar-refractivity contribution in [3.8, 4) is 0 Å². The molecular formula is C13H16N2O4. The summed E-state index contributed by atoms with van der Waals surface area (Å²) in [5.41, 5.74) is 2.52. The highest BCUT2D eigenvalue weighted by Crippen LogP contribution is 2.31. The van der Waals surface area contributed by atoms with Gasteiger partial charge in [0.1, 0.15) is 13.3 Å². The Hall–Kier alpha value is -2.08. The lowest BCUT2D eigenvalue weighted by molar-refractivity contribution is -0.135. The minimum Gasteiger partial charge on any atom is -0.480 e. The molecule has 6 heteroatoms. The first kappa shape index (κ1) is 13.4. The molecule has 0 saturated carbocycles. The van der Waals surface area contributed by atoms with E-state index in [0.717, 1.165) is 16.9 Å². The van der Waals surface area contributed by atoms with Gasteiger partial charge in [-0.05, 0) is 23.8 Å². The molecule has 1 amide bonds. The molecule has 0 aromatic heterocycles. The summed E-state index contributed by atoms with van der Waals surface area (Å²) >= 11 is 0. The zero-order valence-corrected chi connectivity index (χ0v) is 10.9. The molecule has 6 nitrogen and oxygen atoms in total. The summed E-state index contributed by atoms with van der Waals surface area (Å²) in [6.45, 7) is 0.157. The van der Waals surface area contributed by atoms with E-state index >= 15 is 0 Å². The highest BCUT2D eigenvalue weighted by Gasteiger charge is 2.27. The van der Waals surface area contributed by atoms with E-state index in [1.165, 1.54) is 0 Å². The number of rotatable bonds is 5. The molecule has 0 saturated heterocycles. The van der Waals surface area contributed by atoms with Crippen molar-refractivity contribution < 1.29 is 19.4 Å². The number of carboxylic acids is 1. The van der Waals surface area contributed by atoms with Crippen LogP contribution in [0.25, 0.3) is 0 Å². The quantitative estimate of drug-likeness (QED) is 0.847. The predicted molar refractivity (Wildman–Crippen MR) is 70.4 cm³/mol. The summed E-state index contributed by atoms with van der Waals surface area (Å²) < 4.78 is 5.00. The van der Waals surface area contributed by atoms with Gasteiger partial charge in [0.2, 0.25) is 5.91 Å². The van der Waals surface area contributed by atoms with Crippen molar-refractivity contribution in [3.05, 3.63) is 23.8 Å². The first-order chi connectivity index (χ1) is 9.02. The monoisotopic (exact) mass is 264 g/mol. The van der Waals surface area contributed by atoms with Gasteiger partial charge in [-0.1, -0.05) is 0 Å². The minimum absolute atomic E-state index is 0.00473. The van der Waals surface area contributed by atoms with E-state index in [4.69, 9.17) is 9.84 Å². The molecule has 102 valence electrons. The first-order valence-electron chi connectivity index (χ1n) is 5.88. The second kappa shape index (κ2) is 5.27. The third kappa shape index (κ3) is 2.68. The van der Waals surface area contributed by atoms with Crippen molar-refractivity contribution in [3.63, 3.8) is 0 Å². The lowest BCUT2D eigenvalue weighted by atomic mass is 10.1. The molecule has 2 rings (SSSR count). The fraction of sp³-hybridized carbons (Fsp3) is 0.385. The van der Waals surface area contributed by atoms with E-state index < -0.39 is 5.97 Å². The van der Waals surface area contributed by atoms with Gasteiger partial charge in [-0.2, -0.15) is 0 Å². The molecule has 0 aliphatic carbocycles. The number of carbonyl (C=O) groups excluding carboxylic acids is 1. The number of aliphatic carboxylic acids is 1. The first-order valence-corrected chi connectivity index (χ1v) is 5.88. The van der Waals surface area contributed by atoms with E-state index in [0.29, 0.717) is 6.42 Å². The Morgan fingerprint density at radius 1 is 1.53 bits per heavy atom. The van der Waals surface area contributed by atoms with Crippen LogP contribution >= 0.6 is 0 Å². The molecule has 0 unspecified atom stereocenters. The van der Waals surface area contributed by atoms with Crippen LogP contribution in [0.15, 0.2) is 18.2 Å². The van der Waals surface area contributed by atoms with Crippen LogP contribution in [0.3, 0.4) is 0 Å². The summed E-state index contributed by atoms with van der Waals surface area (Å²) in [4.78, 5) is 25.7. The van der Waals surface area contributed by atoms with Crippen molar-refractivity contribution >= 4 is 23.3 Å². The van der Waals surface area contributed by atoms with E-state index in [2.05, 4.69) is 0 Å². The third-order valence-corrected chi connectivity index (χ3v) is 3.07. The molecule has 19 heavy (non-hydrogen) atoms. The molecule has 1 aliphatic rings. The number of ether oxygens (including phenoxy) is 1. The summed E-state index contributed by atoms with van der Waals surface area (Å²) in [5.74, 6) is -0.894. The summed E-state index contributed by atoms with van der Waals surface area (Å²) in [5, 5.41) is 8.77. The molecule has 1 N–H and O–H groups in total. The maximum absolute atomic E-state index is 11.8. The Labute approximate surface area is 111 Å². The Morgan fingerprint density at radius 2 is 2.26 bits per heavy atom. The Morgan fingerprint density at radius 3 is 2.89 bits per heavy atom. The second-order valence-corrected chi connectivity index (χ2v) is 4.48. The van der Waals surface area contributed by atoms with E-state index in [-0.39, 0.29) is 19.2 Å². The van der Waals surface area contributed by atoms with Crippen LogP contribution in [-0.2, 0) is 20.7 Å². The highest BCUT2D eigenvalue weighted by atomic mass is 16.5. The number of anilines is 2. The SMILES string of the molecule is COCN1C(=O)Cc2cc(N(C)CC(=O)O)ccc21. The fourth-order valence-electron chi connectivity index (χ4n) is 2.17. The smallest absolute Gasteiger partial charge is 0.323 e. The average molecular weight is 264 g/mol. The predicted octanol–water partition coefficient (Wildman–Crippen LogP) is 0.700. The molecule has 0 fully saturated rings. The average Bonchev–Trinajstić information content (AvgIpc) is 2.65. The Balaban J connectivity index is 2.24. The van der Waals surface area contributed by atoms with Crippen molar-refractivity contribution in [2.24, 2.45) is 0 Å². The van der Waals surface area contributed by atoms with Gasteiger partial charge >= 0.3 is 5.97 Å². The van der Waals surface area contributed by atoms with Crippen molar-refractivity contribution in [2.45, 2.75) is 6.42 Å². The summed E-state index contributed by atoms with van der Waals surface area (Å²) in [6.07, 6.45) is 0.327. The van der Waals surface area contributed by atoms with Crippen molar-refractivity contribution in [1.29, 1.82) is 0 Å². The van der Waals surface area contributed by atoms with Gasteiger partial charge in [0.15, 0.2) is 0 Å². The molecule has 0 spiro atoms. The Bertz CT molecular complexity index is 515. The van der Waals surface area contributed by atoms with Gasteiger partial charge in [0.25, 0.3) is 0 Å². The summed E-state index contributed by atoms with van der Waals surface area (Å²) in [6, 6.07) is 5.49. The number of methoxy groups -OCH3 is 1. The van der Waals surface area contributed by atoms with Gasteiger partial charge in [-0.3, -0.25) is 14.5 Å². The second-order valence-electron chi connectivity index (χ2n) is 4.48. The molecule has 1 heterocycles. The van der Waals surface area contributed by atoms with Crippen molar-refractivity contribution in [2.75, 3.05) is 37.2 Å². The molecule has 0 radical (unpaired) electrons. The Kier molecular flexibility index (Phi) is 3.71. The number of benzene rings is 1. The maximum Gasteiger partial charge on any atom is 0.323 e. The van der Waals surface area contributed by atoms with Crippen LogP contribution in [0.4, 0.5) is 11.4 Å². The summed E-state index contributed by atoms with van der Waals surface area (Å²) in [7, 11) is 3.25. The van der Waals surface area contributed by atoms with E-state index in [1.807, 2.05) is 18.2 Å². The van der Waals surface area contributed by atoms with E-state index in [1.54, 1.807) is 24.0 Å². The fourth-order valence-corrected chi connectivity index (χ4v) is 2.17. The van der Waals surface area contributed by atoms with Crippen LogP contribution < -0.4 is 9.80 Å². The molecule has 0 atom stereocenters. The van der Waals surface area contributed by atoms with Gasteiger partial charge < -0.3 is 14.7 Å². The normalized spacial score (nSPS) is 13.6.